The average molecular weight is 287 g/mol. The van der Waals surface area contributed by atoms with Crippen LogP contribution < -0.4 is 4.90 Å². The highest BCUT2D eigenvalue weighted by Gasteiger charge is 2.31. The molecule has 0 radical (unpaired) electrons. The van der Waals surface area contributed by atoms with Gasteiger partial charge in [-0.1, -0.05) is 6.07 Å². The van der Waals surface area contributed by atoms with Crippen LogP contribution >= 0.6 is 0 Å². The zero-order chi connectivity index (χ0) is 14.2. The smallest absolute Gasteiger partial charge is 0.152 e. The summed E-state index contributed by atoms with van der Waals surface area (Å²) in [5.41, 5.74) is 0.875. The van der Waals surface area contributed by atoms with Gasteiger partial charge in [-0.25, -0.2) is 12.8 Å². The van der Waals surface area contributed by atoms with Gasteiger partial charge < -0.3 is 10.0 Å². The lowest BCUT2D eigenvalue weighted by atomic mass is 10.1. The first-order valence-electron chi connectivity index (χ1n) is 6.21. The normalized spacial score (nSPS) is 23.3. The van der Waals surface area contributed by atoms with Crippen LogP contribution in [-0.4, -0.2) is 38.1 Å². The second-order valence-corrected chi connectivity index (χ2v) is 7.28. The van der Waals surface area contributed by atoms with Crippen LogP contribution in [0.4, 0.5) is 10.1 Å². The van der Waals surface area contributed by atoms with Gasteiger partial charge in [0.15, 0.2) is 9.84 Å². The Morgan fingerprint density at radius 2 is 2.16 bits per heavy atom. The molecular weight excluding hydrogens is 269 g/mol. The Balaban J connectivity index is 2.23. The Bertz CT molecular complexity index is 571. The van der Waals surface area contributed by atoms with E-state index in [4.69, 9.17) is 0 Å². The fourth-order valence-corrected chi connectivity index (χ4v) is 4.12. The second kappa shape index (κ2) is 5.09. The van der Waals surface area contributed by atoms with E-state index in [2.05, 4.69) is 0 Å². The number of benzene rings is 1. The van der Waals surface area contributed by atoms with Gasteiger partial charge in [-0.15, -0.1) is 0 Å². The quantitative estimate of drug-likeness (QED) is 0.915. The van der Waals surface area contributed by atoms with Crippen molar-refractivity contribution in [2.45, 2.75) is 25.5 Å². The molecule has 1 aromatic carbocycles. The molecule has 4 nitrogen and oxygen atoms in total. The maximum Gasteiger partial charge on any atom is 0.152 e. The molecule has 0 bridgehead atoms. The molecular formula is C13H18FNO3S. The van der Waals surface area contributed by atoms with E-state index in [1.54, 1.807) is 31.0 Å². The molecule has 1 aromatic rings. The van der Waals surface area contributed by atoms with E-state index in [-0.39, 0.29) is 17.5 Å². The molecule has 1 aliphatic rings. The maximum absolute atomic E-state index is 14.0. The number of aliphatic hydroxyl groups excluding tert-OH is 1. The summed E-state index contributed by atoms with van der Waals surface area (Å²) in [6.07, 6.45) is -0.197. The molecule has 0 saturated carbocycles. The molecule has 1 fully saturated rings. The minimum absolute atomic E-state index is 0.0705. The summed E-state index contributed by atoms with van der Waals surface area (Å²) in [5.74, 6) is -0.207. The average Bonchev–Trinajstić information content (AvgIpc) is 2.68. The van der Waals surface area contributed by atoms with Crippen molar-refractivity contribution in [1.82, 2.24) is 0 Å². The Labute approximate surface area is 112 Å². The number of hydrogen-bond donors (Lipinski definition) is 1. The zero-order valence-electron chi connectivity index (χ0n) is 11.0. The molecule has 1 heterocycles. The van der Waals surface area contributed by atoms with Crippen LogP contribution in [-0.2, 0) is 9.84 Å². The van der Waals surface area contributed by atoms with Gasteiger partial charge in [0.25, 0.3) is 0 Å². The van der Waals surface area contributed by atoms with Crippen molar-refractivity contribution >= 4 is 15.5 Å². The molecule has 2 rings (SSSR count). The topological polar surface area (TPSA) is 57.6 Å². The number of hydrogen-bond acceptors (Lipinski definition) is 4. The summed E-state index contributed by atoms with van der Waals surface area (Å²) in [4.78, 5) is 1.67. The Kier molecular flexibility index (Phi) is 3.82. The van der Waals surface area contributed by atoms with Gasteiger partial charge in [0.1, 0.15) is 5.82 Å². The molecule has 19 heavy (non-hydrogen) atoms. The highest BCUT2D eigenvalue weighted by atomic mass is 32.2. The lowest BCUT2D eigenvalue weighted by Gasteiger charge is -2.26. The van der Waals surface area contributed by atoms with Gasteiger partial charge in [0, 0.05) is 13.1 Å². The molecule has 0 spiro atoms. The molecule has 2 atom stereocenters. The van der Waals surface area contributed by atoms with Crippen molar-refractivity contribution in [3.8, 4) is 0 Å². The number of sulfone groups is 1. The van der Waals surface area contributed by atoms with Gasteiger partial charge in [0.05, 0.1) is 23.3 Å². The van der Waals surface area contributed by atoms with E-state index in [1.807, 2.05) is 0 Å². The van der Waals surface area contributed by atoms with E-state index < -0.39 is 21.8 Å². The van der Waals surface area contributed by atoms with Crippen LogP contribution in [0, 0.1) is 5.82 Å². The molecule has 2 unspecified atom stereocenters. The Morgan fingerprint density at radius 1 is 1.47 bits per heavy atom. The van der Waals surface area contributed by atoms with Crippen LogP contribution in [0.2, 0.25) is 0 Å². The third-order valence-electron chi connectivity index (χ3n) is 3.59. The van der Waals surface area contributed by atoms with Crippen LogP contribution in [0.15, 0.2) is 18.2 Å². The molecule has 1 N–H and O–H groups in total. The Morgan fingerprint density at radius 3 is 2.63 bits per heavy atom. The van der Waals surface area contributed by atoms with Crippen molar-refractivity contribution in [3.63, 3.8) is 0 Å². The van der Waals surface area contributed by atoms with Gasteiger partial charge in [-0.05, 0) is 31.0 Å². The predicted octanol–water partition coefficient (Wildman–Crippen LogP) is 1.50. The number of anilines is 1. The van der Waals surface area contributed by atoms with Crippen molar-refractivity contribution in [1.29, 1.82) is 0 Å². The standard InChI is InChI=1S/C13H18FNO3S/c1-9(16)10-3-4-13(12(14)7-10)15(2)11-5-6-19(17,18)8-11/h3-4,7,9,11,16H,5-6,8H2,1-2H3. The first-order valence-corrected chi connectivity index (χ1v) is 8.03. The number of rotatable bonds is 3. The lowest BCUT2D eigenvalue weighted by Crippen LogP contribution is -2.33. The van der Waals surface area contributed by atoms with Crippen molar-refractivity contribution in [2.75, 3.05) is 23.5 Å². The van der Waals surface area contributed by atoms with Crippen molar-refractivity contribution in [3.05, 3.63) is 29.6 Å². The first kappa shape index (κ1) is 14.3. The number of nitrogens with zero attached hydrogens (tertiary/aromatic N) is 1. The van der Waals surface area contributed by atoms with Crippen molar-refractivity contribution in [2.24, 2.45) is 0 Å². The predicted molar refractivity (Wildman–Crippen MR) is 72.5 cm³/mol. The number of aliphatic hydroxyl groups is 1. The molecule has 0 aromatic heterocycles. The fraction of sp³-hybridized carbons (Fsp3) is 0.538. The zero-order valence-corrected chi connectivity index (χ0v) is 11.8. The summed E-state index contributed by atoms with van der Waals surface area (Å²) in [7, 11) is -1.29. The summed E-state index contributed by atoms with van der Waals surface area (Å²) in [6.45, 7) is 1.57. The van der Waals surface area contributed by atoms with E-state index in [9.17, 15) is 17.9 Å². The Hall–Kier alpha value is -1.14. The van der Waals surface area contributed by atoms with E-state index in [0.29, 0.717) is 17.7 Å². The fourth-order valence-electron chi connectivity index (χ4n) is 2.35. The molecule has 1 saturated heterocycles. The molecule has 6 heteroatoms. The maximum atomic E-state index is 14.0. The lowest BCUT2D eigenvalue weighted by molar-refractivity contribution is 0.199. The molecule has 0 amide bonds. The highest BCUT2D eigenvalue weighted by Crippen LogP contribution is 2.27. The molecule has 0 aliphatic carbocycles. The summed E-state index contributed by atoms with van der Waals surface area (Å²) in [6, 6.07) is 4.35. The highest BCUT2D eigenvalue weighted by molar-refractivity contribution is 7.91. The summed E-state index contributed by atoms with van der Waals surface area (Å²) in [5, 5.41) is 9.40. The van der Waals surface area contributed by atoms with Crippen LogP contribution in [0.1, 0.15) is 25.0 Å². The largest absolute Gasteiger partial charge is 0.389 e. The second-order valence-electron chi connectivity index (χ2n) is 5.05. The SMILES string of the molecule is CC(O)c1ccc(N(C)C2CCS(=O)(=O)C2)c(F)c1. The molecule has 106 valence electrons. The van der Waals surface area contributed by atoms with E-state index in [0.717, 1.165) is 0 Å². The van der Waals surface area contributed by atoms with Crippen LogP contribution in [0.5, 0.6) is 0 Å². The third-order valence-corrected chi connectivity index (χ3v) is 5.34. The van der Waals surface area contributed by atoms with Crippen LogP contribution in [0.25, 0.3) is 0 Å². The third kappa shape index (κ3) is 3.06. The monoisotopic (exact) mass is 287 g/mol. The minimum Gasteiger partial charge on any atom is -0.389 e. The van der Waals surface area contributed by atoms with Gasteiger partial charge in [-0.3, -0.25) is 0 Å². The number of halogens is 1. The van der Waals surface area contributed by atoms with E-state index >= 15 is 0 Å². The van der Waals surface area contributed by atoms with Crippen LogP contribution in [0.3, 0.4) is 0 Å². The van der Waals surface area contributed by atoms with Gasteiger partial charge in [0.2, 0.25) is 0 Å². The summed E-state index contributed by atoms with van der Waals surface area (Å²) < 4.78 is 36.9. The van der Waals surface area contributed by atoms with Crippen molar-refractivity contribution < 1.29 is 17.9 Å². The van der Waals surface area contributed by atoms with Gasteiger partial charge >= 0.3 is 0 Å². The minimum atomic E-state index is -2.99. The van der Waals surface area contributed by atoms with Gasteiger partial charge in [-0.2, -0.15) is 0 Å². The summed E-state index contributed by atoms with van der Waals surface area (Å²) >= 11 is 0. The molecule has 1 aliphatic heterocycles. The van der Waals surface area contributed by atoms with E-state index in [1.165, 1.54) is 6.07 Å². The first-order chi connectivity index (χ1) is 8.80.